The molecule has 1 amide bonds. The minimum Gasteiger partial charge on any atom is -0.267 e. The number of hydrogen-bond donors (Lipinski definition) is 1. The van der Waals surface area contributed by atoms with E-state index in [9.17, 15) is 13.2 Å². The monoisotopic (exact) mass is 391 g/mol. The first-order valence-corrected chi connectivity index (χ1v) is 9.98. The van der Waals surface area contributed by atoms with Crippen LogP contribution in [-0.2, 0) is 10.0 Å². The van der Waals surface area contributed by atoms with Crippen molar-refractivity contribution in [2.45, 2.75) is 17.7 Å². The summed E-state index contributed by atoms with van der Waals surface area (Å²) in [6, 6.07) is 13.0. The van der Waals surface area contributed by atoms with Gasteiger partial charge in [0.25, 0.3) is 5.91 Å². The molecule has 0 spiro atoms. The van der Waals surface area contributed by atoms with Gasteiger partial charge in [-0.05, 0) is 48.7 Å². The predicted octanol–water partition coefficient (Wildman–Crippen LogP) is 2.89. The van der Waals surface area contributed by atoms with Gasteiger partial charge in [-0.2, -0.15) is 9.41 Å². The average molecular weight is 392 g/mol. The van der Waals surface area contributed by atoms with E-state index in [-0.39, 0.29) is 10.5 Å². The van der Waals surface area contributed by atoms with E-state index in [2.05, 4.69) is 10.5 Å². The van der Waals surface area contributed by atoms with Gasteiger partial charge >= 0.3 is 0 Å². The highest BCUT2D eigenvalue weighted by Gasteiger charge is 2.27. The summed E-state index contributed by atoms with van der Waals surface area (Å²) in [5, 5.41) is 4.45. The zero-order valence-electron chi connectivity index (χ0n) is 13.9. The van der Waals surface area contributed by atoms with Crippen LogP contribution in [0.4, 0.5) is 0 Å². The molecule has 2 aromatic rings. The Labute approximate surface area is 157 Å². The fraction of sp³-hybridized carbons (Fsp3) is 0.222. The zero-order valence-corrected chi connectivity index (χ0v) is 15.5. The van der Waals surface area contributed by atoms with E-state index in [4.69, 9.17) is 11.6 Å². The molecule has 1 fully saturated rings. The van der Waals surface area contributed by atoms with E-state index in [0.717, 1.165) is 18.4 Å². The van der Waals surface area contributed by atoms with E-state index in [1.807, 2.05) is 0 Å². The Bertz CT molecular complexity index is 938. The lowest BCUT2D eigenvalue weighted by molar-refractivity contribution is 0.0955. The van der Waals surface area contributed by atoms with Crippen molar-refractivity contribution in [3.05, 3.63) is 64.7 Å². The van der Waals surface area contributed by atoms with Crippen molar-refractivity contribution < 1.29 is 13.2 Å². The first kappa shape index (κ1) is 18.6. The number of carbonyl (C=O) groups is 1. The van der Waals surface area contributed by atoms with E-state index < -0.39 is 15.9 Å². The quantitative estimate of drug-likeness (QED) is 0.628. The molecule has 26 heavy (non-hydrogen) atoms. The van der Waals surface area contributed by atoms with Crippen molar-refractivity contribution >= 4 is 33.7 Å². The lowest BCUT2D eigenvalue weighted by Gasteiger charge is -2.15. The second-order valence-corrected chi connectivity index (χ2v) is 8.27. The highest BCUT2D eigenvalue weighted by molar-refractivity contribution is 7.89. The predicted molar refractivity (Wildman–Crippen MR) is 101 cm³/mol. The number of nitrogens with zero attached hydrogens (tertiary/aromatic N) is 2. The molecule has 1 aliphatic rings. The number of nitrogens with one attached hydrogen (secondary N) is 1. The van der Waals surface area contributed by atoms with Crippen molar-refractivity contribution in [1.82, 2.24) is 9.73 Å². The summed E-state index contributed by atoms with van der Waals surface area (Å²) in [7, 11) is -3.56. The van der Waals surface area contributed by atoms with Gasteiger partial charge in [0.2, 0.25) is 10.0 Å². The Kier molecular flexibility index (Phi) is 5.70. The molecule has 1 saturated heterocycles. The lowest BCUT2D eigenvalue weighted by atomic mass is 10.2. The van der Waals surface area contributed by atoms with Gasteiger partial charge in [0.05, 0.1) is 11.1 Å². The smallest absolute Gasteiger partial charge is 0.267 e. The molecule has 2 aromatic carbocycles. The van der Waals surface area contributed by atoms with Gasteiger partial charge in [-0.3, -0.25) is 4.79 Å². The lowest BCUT2D eigenvalue weighted by Crippen LogP contribution is -2.28. The molecule has 8 heteroatoms. The highest BCUT2D eigenvalue weighted by atomic mass is 35.5. The number of halogens is 1. The van der Waals surface area contributed by atoms with E-state index in [1.165, 1.54) is 22.7 Å². The van der Waals surface area contributed by atoms with Crippen molar-refractivity contribution in [1.29, 1.82) is 0 Å². The number of rotatable bonds is 5. The Morgan fingerprint density at radius 2 is 1.85 bits per heavy atom. The van der Waals surface area contributed by atoms with Crippen LogP contribution >= 0.6 is 11.6 Å². The SMILES string of the molecule is O=C(N/N=C/c1cccc(Cl)c1)c1cccc(S(=O)(=O)N2CCCC2)c1. The zero-order chi connectivity index (χ0) is 18.6. The second-order valence-electron chi connectivity index (χ2n) is 5.89. The summed E-state index contributed by atoms with van der Waals surface area (Å²) in [5.41, 5.74) is 3.36. The second kappa shape index (κ2) is 7.99. The van der Waals surface area contributed by atoms with Gasteiger partial charge in [0.1, 0.15) is 0 Å². The van der Waals surface area contributed by atoms with Crippen LogP contribution in [0.3, 0.4) is 0 Å². The molecule has 6 nitrogen and oxygen atoms in total. The van der Waals surface area contributed by atoms with Crippen molar-refractivity contribution in [2.75, 3.05) is 13.1 Å². The third-order valence-corrected chi connectivity index (χ3v) is 6.16. The summed E-state index contributed by atoms with van der Waals surface area (Å²) in [5.74, 6) is -0.484. The summed E-state index contributed by atoms with van der Waals surface area (Å²) in [6.45, 7) is 1.03. The molecule has 0 radical (unpaired) electrons. The molecular formula is C18H18ClN3O3S. The average Bonchev–Trinajstić information content (AvgIpc) is 3.17. The molecule has 0 aromatic heterocycles. The van der Waals surface area contributed by atoms with Crippen molar-refractivity contribution in [2.24, 2.45) is 5.10 Å². The molecule has 1 heterocycles. The van der Waals surface area contributed by atoms with E-state index in [1.54, 1.807) is 36.4 Å². The molecule has 1 N–H and O–H groups in total. The van der Waals surface area contributed by atoms with Crippen LogP contribution in [0.5, 0.6) is 0 Å². The van der Waals surface area contributed by atoms with Gasteiger partial charge in [-0.15, -0.1) is 0 Å². The minimum atomic E-state index is -3.56. The number of hydrogen-bond acceptors (Lipinski definition) is 4. The number of sulfonamides is 1. The van der Waals surface area contributed by atoms with Crippen LogP contribution in [-0.4, -0.2) is 37.9 Å². The van der Waals surface area contributed by atoms with Crippen LogP contribution in [0.25, 0.3) is 0 Å². The maximum absolute atomic E-state index is 12.6. The molecule has 3 rings (SSSR count). The molecular weight excluding hydrogens is 374 g/mol. The Morgan fingerprint density at radius 3 is 2.58 bits per heavy atom. The summed E-state index contributed by atoms with van der Waals surface area (Å²) in [4.78, 5) is 12.4. The Hall–Kier alpha value is -2.22. The minimum absolute atomic E-state index is 0.117. The molecule has 1 aliphatic heterocycles. The normalized spacial score (nSPS) is 15.4. The van der Waals surface area contributed by atoms with E-state index in [0.29, 0.717) is 18.1 Å². The first-order chi connectivity index (χ1) is 12.5. The largest absolute Gasteiger partial charge is 0.271 e. The van der Waals surface area contributed by atoms with Crippen LogP contribution in [0.15, 0.2) is 58.5 Å². The fourth-order valence-corrected chi connectivity index (χ4v) is 4.45. The van der Waals surface area contributed by atoms with Gasteiger partial charge in [0.15, 0.2) is 0 Å². The van der Waals surface area contributed by atoms with Gasteiger partial charge in [-0.1, -0.05) is 29.8 Å². The topological polar surface area (TPSA) is 78.8 Å². The molecule has 0 aliphatic carbocycles. The van der Waals surface area contributed by atoms with Crippen LogP contribution < -0.4 is 5.43 Å². The van der Waals surface area contributed by atoms with Crippen molar-refractivity contribution in [3.63, 3.8) is 0 Å². The van der Waals surface area contributed by atoms with Gasteiger partial charge < -0.3 is 0 Å². The van der Waals surface area contributed by atoms with Gasteiger partial charge in [-0.25, -0.2) is 13.8 Å². The number of hydrazone groups is 1. The number of amides is 1. The maximum Gasteiger partial charge on any atom is 0.271 e. The highest BCUT2D eigenvalue weighted by Crippen LogP contribution is 2.21. The molecule has 0 atom stereocenters. The molecule has 136 valence electrons. The first-order valence-electron chi connectivity index (χ1n) is 8.16. The van der Waals surface area contributed by atoms with Crippen LogP contribution in [0, 0.1) is 0 Å². The molecule has 0 bridgehead atoms. The molecule has 0 saturated carbocycles. The summed E-state index contributed by atoms with van der Waals surface area (Å²) < 4.78 is 26.6. The standard InChI is InChI=1S/C18H18ClN3O3S/c19-16-7-3-5-14(11-16)13-20-21-18(23)15-6-4-8-17(12-15)26(24,25)22-9-1-2-10-22/h3-8,11-13H,1-2,9-10H2,(H,21,23)/b20-13+. The Balaban J connectivity index is 1.72. The van der Waals surface area contributed by atoms with Crippen molar-refractivity contribution in [3.8, 4) is 0 Å². The number of carbonyl (C=O) groups excluding carboxylic acids is 1. The third-order valence-electron chi connectivity index (χ3n) is 4.03. The third kappa shape index (κ3) is 4.30. The van der Waals surface area contributed by atoms with E-state index >= 15 is 0 Å². The van der Waals surface area contributed by atoms with Crippen LogP contribution in [0.2, 0.25) is 5.02 Å². The van der Waals surface area contributed by atoms with Crippen LogP contribution in [0.1, 0.15) is 28.8 Å². The summed E-state index contributed by atoms with van der Waals surface area (Å²) >= 11 is 5.89. The van der Waals surface area contributed by atoms with Gasteiger partial charge in [0, 0.05) is 23.7 Å². The summed E-state index contributed by atoms with van der Waals surface area (Å²) in [6.07, 6.45) is 3.18. The fourth-order valence-electron chi connectivity index (χ4n) is 2.69. The maximum atomic E-state index is 12.6. The number of benzene rings is 2. The molecule has 0 unspecified atom stereocenters. The Morgan fingerprint density at radius 1 is 1.12 bits per heavy atom.